The topological polar surface area (TPSA) is 121 Å². The Bertz CT molecular complexity index is 1750. The van der Waals surface area contributed by atoms with Gasteiger partial charge in [-0.25, -0.2) is 17.8 Å². The largest absolute Gasteiger partial charge is 0.385 e. The number of Topliss-reactive ketones (excluding diaryl/α,β-unsaturated/α-hetero) is 1. The average Bonchev–Trinajstić information content (AvgIpc) is 3.59. The van der Waals surface area contributed by atoms with E-state index in [1.165, 1.54) is 38.1 Å². The van der Waals surface area contributed by atoms with Crippen LogP contribution in [0.2, 0.25) is 4.34 Å². The Morgan fingerprint density at radius 3 is 2.48 bits per heavy atom. The van der Waals surface area contributed by atoms with Gasteiger partial charge in [0.2, 0.25) is 0 Å². The highest BCUT2D eigenvalue weighted by Crippen LogP contribution is 2.26. The summed E-state index contributed by atoms with van der Waals surface area (Å²) in [7, 11) is -3.77. The van der Waals surface area contributed by atoms with E-state index in [0.717, 1.165) is 41.1 Å². The van der Waals surface area contributed by atoms with E-state index in [1.54, 1.807) is 36.4 Å². The highest BCUT2D eigenvalue weighted by atomic mass is 35.5. The SMILES string of the molecule is O=C(Cc1ccc(-n2c(=O)[nH]c3cc(NCCCN4CCCC4)ccc3c2=O)cc1)CS(=O)(=O)c1ccc(Cl)s1. The molecule has 4 aromatic rings. The zero-order valence-corrected chi connectivity index (χ0v) is 24.1. The number of carbonyl (C=O) groups excluding carboxylic acids is 1. The smallest absolute Gasteiger partial charge is 0.333 e. The Labute approximate surface area is 240 Å². The van der Waals surface area contributed by atoms with Gasteiger partial charge < -0.3 is 15.2 Å². The molecule has 1 fully saturated rings. The molecule has 0 atom stereocenters. The van der Waals surface area contributed by atoms with Gasteiger partial charge in [-0.2, -0.15) is 0 Å². The van der Waals surface area contributed by atoms with Crippen LogP contribution in [0.5, 0.6) is 0 Å². The van der Waals surface area contributed by atoms with E-state index in [2.05, 4.69) is 15.2 Å². The number of nitrogens with one attached hydrogen (secondary N) is 2. The molecule has 2 aromatic heterocycles. The van der Waals surface area contributed by atoms with Gasteiger partial charge in [-0.15, -0.1) is 11.3 Å². The molecule has 0 aliphatic carbocycles. The van der Waals surface area contributed by atoms with Crippen molar-refractivity contribution in [3.05, 3.63) is 85.3 Å². The van der Waals surface area contributed by atoms with Crippen molar-refractivity contribution in [2.75, 3.05) is 37.2 Å². The van der Waals surface area contributed by atoms with E-state index in [4.69, 9.17) is 11.6 Å². The number of nitrogens with zero attached hydrogens (tertiary/aromatic N) is 2. The second kappa shape index (κ2) is 12.1. The van der Waals surface area contributed by atoms with Crippen LogP contribution < -0.4 is 16.6 Å². The molecule has 0 spiro atoms. The monoisotopic (exact) mass is 600 g/mol. The fourth-order valence-electron chi connectivity index (χ4n) is 4.89. The molecule has 210 valence electrons. The van der Waals surface area contributed by atoms with Gasteiger partial charge in [0.15, 0.2) is 15.6 Å². The van der Waals surface area contributed by atoms with E-state index in [9.17, 15) is 22.8 Å². The van der Waals surface area contributed by atoms with Gasteiger partial charge in [0.25, 0.3) is 5.56 Å². The molecule has 40 heavy (non-hydrogen) atoms. The second-order valence-electron chi connectivity index (χ2n) is 9.86. The summed E-state index contributed by atoms with van der Waals surface area (Å²) in [4.78, 5) is 43.8. The molecule has 1 aliphatic heterocycles. The van der Waals surface area contributed by atoms with E-state index >= 15 is 0 Å². The third kappa shape index (κ3) is 6.55. The lowest BCUT2D eigenvalue weighted by Crippen LogP contribution is -2.33. The van der Waals surface area contributed by atoms with Gasteiger partial charge in [-0.3, -0.25) is 9.59 Å². The summed E-state index contributed by atoms with van der Waals surface area (Å²) in [5.41, 5.74) is 1.16. The van der Waals surface area contributed by atoms with Crippen molar-refractivity contribution in [3.8, 4) is 5.69 Å². The second-order valence-corrected chi connectivity index (χ2v) is 13.8. The summed E-state index contributed by atoms with van der Waals surface area (Å²) in [6.07, 6.45) is 3.45. The van der Waals surface area contributed by atoms with Crippen LogP contribution in [0.4, 0.5) is 5.69 Å². The Morgan fingerprint density at radius 2 is 1.77 bits per heavy atom. The lowest BCUT2D eigenvalue weighted by Gasteiger charge is -2.15. The number of H-pyrrole nitrogens is 1. The maximum atomic E-state index is 13.2. The predicted octanol–water partition coefficient (Wildman–Crippen LogP) is 3.88. The fraction of sp³-hybridized carbons (Fsp3) is 0.321. The standard InChI is InChI=1S/C28H29ClN4O5S2/c29-25-10-11-26(39-25)40(37,38)18-22(34)16-19-4-7-21(8-5-19)33-27(35)23-9-6-20(17-24(23)31-28(33)36)30-12-3-15-32-13-1-2-14-32/h4-11,17,30H,1-3,12-16,18H2,(H,31,36). The minimum atomic E-state index is -3.77. The first-order valence-electron chi connectivity index (χ1n) is 13.0. The Balaban J connectivity index is 1.26. The first kappa shape index (κ1) is 28.3. The van der Waals surface area contributed by atoms with Crippen LogP contribution >= 0.6 is 22.9 Å². The molecule has 0 bridgehead atoms. The zero-order valence-electron chi connectivity index (χ0n) is 21.7. The molecular formula is C28H29ClN4O5S2. The number of aromatic amines is 1. The average molecular weight is 601 g/mol. The van der Waals surface area contributed by atoms with Crippen LogP contribution in [0.3, 0.4) is 0 Å². The number of ketones is 1. The molecule has 0 amide bonds. The third-order valence-electron chi connectivity index (χ3n) is 6.88. The molecule has 9 nitrogen and oxygen atoms in total. The van der Waals surface area contributed by atoms with Gasteiger partial charge >= 0.3 is 5.69 Å². The lowest BCUT2D eigenvalue weighted by molar-refractivity contribution is -0.116. The minimum absolute atomic E-state index is 0.0523. The molecule has 2 N–H and O–H groups in total. The number of halogens is 1. The summed E-state index contributed by atoms with van der Waals surface area (Å²) in [5, 5.41) is 3.74. The van der Waals surface area contributed by atoms with Crippen LogP contribution in [0, 0.1) is 0 Å². The Hall–Kier alpha value is -3.25. The normalized spacial score (nSPS) is 14.1. The molecule has 0 saturated carbocycles. The van der Waals surface area contributed by atoms with Crippen LogP contribution in [0.1, 0.15) is 24.8 Å². The van der Waals surface area contributed by atoms with Crippen molar-refractivity contribution < 1.29 is 13.2 Å². The number of thiophene rings is 1. The number of hydrogen-bond acceptors (Lipinski definition) is 8. The number of rotatable bonds is 11. The number of benzene rings is 2. The van der Waals surface area contributed by atoms with Crippen molar-refractivity contribution in [2.45, 2.75) is 29.9 Å². The number of anilines is 1. The summed E-state index contributed by atoms with van der Waals surface area (Å²) < 4.78 is 26.3. The number of hydrogen-bond donors (Lipinski definition) is 2. The molecule has 3 heterocycles. The van der Waals surface area contributed by atoms with Crippen molar-refractivity contribution in [1.82, 2.24) is 14.5 Å². The fourth-order valence-corrected chi connectivity index (χ4v) is 7.71. The summed E-state index contributed by atoms with van der Waals surface area (Å²) in [6.45, 7) is 4.19. The highest BCUT2D eigenvalue weighted by Gasteiger charge is 2.21. The number of likely N-dealkylation sites (tertiary alicyclic amines) is 1. The predicted molar refractivity (Wildman–Crippen MR) is 159 cm³/mol. The van der Waals surface area contributed by atoms with Crippen LogP contribution in [0.25, 0.3) is 16.6 Å². The van der Waals surface area contributed by atoms with Gasteiger partial charge in [0.1, 0.15) is 9.96 Å². The van der Waals surface area contributed by atoms with E-state index in [-0.39, 0.29) is 10.6 Å². The molecule has 0 unspecified atom stereocenters. The maximum Gasteiger partial charge on any atom is 0.333 e. The van der Waals surface area contributed by atoms with Gasteiger partial charge in [-0.05, 0) is 86.9 Å². The Morgan fingerprint density at radius 1 is 1.02 bits per heavy atom. The first-order chi connectivity index (χ1) is 19.2. The summed E-state index contributed by atoms with van der Waals surface area (Å²) >= 11 is 6.73. The van der Waals surface area contributed by atoms with E-state index < -0.39 is 32.6 Å². The molecular weight excluding hydrogens is 572 g/mol. The van der Waals surface area contributed by atoms with Gasteiger partial charge in [-0.1, -0.05) is 23.7 Å². The molecule has 2 aromatic carbocycles. The first-order valence-corrected chi connectivity index (χ1v) is 15.9. The number of aromatic nitrogens is 2. The van der Waals surface area contributed by atoms with Crippen LogP contribution in [-0.2, 0) is 21.1 Å². The van der Waals surface area contributed by atoms with Crippen molar-refractivity contribution in [2.24, 2.45) is 0 Å². The quantitative estimate of drug-likeness (QED) is 0.251. The zero-order chi connectivity index (χ0) is 28.3. The summed E-state index contributed by atoms with van der Waals surface area (Å²) in [6, 6.07) is 14.5. The number of carbonyl (C=O) groups is 1. The highest BCUT2D eigenvalue weighted by molar-refractivity contribution is 7.94. The van der Waals surface area contributed by atoms with E-state index in [0.29, 0.717) is 26.5 Å². The third-order valence-corrected chi connectivity index (χ3v) is 10.4. The Kier molecular flexibility index (Phi) is 8.55. The van der Waals surface area contributed by atoms with E-state index in [1.807, 2.05) is 6.07 Å². The number of sulfone groups is 1. The van der Waals surface area contributed by atoms with Crippen molar-refractivity contribution >= 4 is 55.1 Å². The van der Waals surface area contributed by atoms with Crippen molar-refractivity contribution in [3.63, 3.8) is 0 Å². The number of fused-ring (bicyclic) bond motifs is 1. The molecule has 0 radical (unpaired) electrons. The van der Waals surface area contributed by atoms with Gasteiger partial charge in [0, 0.05) is 18.7 Å². The molecule has 1 saturated heterocycles. The maximum absolute atomic E-state index is 13.2. The minimum Gasteiger partial charge on any atom is -0.385 e. The van der Waals surface area contributed by atoms with Crippen LogP contribution in [-0.4, -0.2) is 60.6 Å². The summed E-state index contributed by atoms with van der Waals surface area (Å²) in [5.74, 6) is -1.11. The molecule has 5 rings (SSSR count). The van der Waals surface area contributed by atoms with Gasteiger partial charge in [0.05, 0.1) is 20.9 Å². The van der Waals surface area contributed by atoms with Crippen molar-refractivity contribution in [1.29, 1.82) is 0 Å². The lowest BCUT2D eigenvalue weighted by atomic mass is 10.1. The molecule has 12 heteroatoms. The van der Waals surface area contributed by atoms with Crippen LogP contribution in [0.15, 0.2) is 68.4 Å². The molecule has 1 aliphatic rings.